The highest BCUT2D eigenvalue weighted by molar-refractivity contribution is 6.01. The van der Waals surface area contributed by atoms with Gasteiger partial charge in [-0.05, 0) is 35.4 Å². The summed E-state index contributed by atoms with van der Waals surface area (Å²) in [5.74, 6) is 1.30. The van der Waals surface area contributed by atoms with E-state index in [-0.39, 0.29) is 11.9 Å². The zero-order valence-electron chi connectivity index (χ0n) is 16.7. The van der Waals surface area contributed by atoms with Crippen LogP contribution < -0.4 is 15.4 Å². The minimum atomic E-state index is -0.513. The third-order valence-electron chi connectivity index (χ3n) is 5.41. The van der Waals surface area contributed by atoms with E-state index in [1.807, 2.05) is 60.7 Å². The van der Waals surface area contributed by atoms with Crippen LogP contribution in [0.4, 0.5) is 4.79 Å². The van der Waals surface area contributed by atoms with Gasteiger partial charge < -0.3 is 24.7 Å². The fraction of sp³-hybridized carbons (Fsp3) is 0.167. The van der Waals surface area contributed by atoms with Gasteiger partial charge in [0.1, 0.15) is 18.1 Å². The molecule has 0 saturated carbocycles. The fourth-order valence-electron chi connectivity index (χ4n) is 3.89. The van der Waals surface area contributed by atoms with E-state index in [1.54, 1.807) is 17.2 Å². The molecule has 0 unspecified atom stereocenters. The number of benzene rings is 2. The van der Waals surface area contributed by atoms with E-state index in [4.69, 9.17) is 9.15 Å². The summed E-state index contributed by atoms with van der Waals surface area (Å²) >= 11 is 0. The molecule has 31 heavy (non-hydrogen) atoms. The van der Waals surface area contributed by atoms with Gasteiger partial charge >= 0.3 is 6.03 Å². The van der Waals surface area contributed by atoms with E-state index in [1.165, 1.54) is 0 Å². The molecule has 0 bridgehead atoms. The Kier molecular flexibility index (Phi) is 4.92. The maximum Gasteiger partial charge on any atom is 0.319 e. The van der Waals surface area contributed by atoms with Crippen molar-refractivity contribution in [3.63, 3.8) is 0 Å². The number of ether oxygens (including phenoxy) is 1. The van der Waals surface area contributed by atoms with Gasteiger partial charge in [0.15, 0.2) is 0 Å². The lowest BCUT2D eigenvalue weighted by Crippen LogP contribution is -2.44. The molecular formula is C24H21N3O4. The number of furan rings is 1. The lowest BCUT2D eigenvalue weighted by atomic mass is 9.96. The molecule has 156 valence electrons. The van der Waals surface area contributed by atoms with E-state index in [9.17, 15) is 9.59 Å². The molecule has 2 aliphatic heterocycles. The van der Waals surface area contributed by atoms with E-state index in [0.717, 1.165) is 16.9 Å². The van der Waals surface area contributed by atoms with Crippen LogP contribution in [-0.2, 0) is 17.9 Å². The van der Waals surface area contributed by atoms with Crippen molar-refractivity contribution in [2.75, 3.05) is 6.54 Å². The summed E-state index contributed by atoms with van der Waals surface area (Å²) in [4.78, 5) is 27.0. The Labute approximate surface area is 179 Å². The average molecular weight is 415 g/mol. The topological polar surface area (TPSA) is 83.8 Å². The Morgan fingerprint density at radius 3 is 2.55 bits per heavy atom. The van der Waals surface area contributed by atoms with Crippen molar-refractivity contribution in [3.05, 3.63) is 101 Å². The quantitative estimate of drug-likeness (QED) is 0.645. The standard InChI is InChI=1S/C24H21N3O4/c28-23-21-20(14-27(23)13-19-7-4-12-30-19)25-24(29)26-22(21)17-8-10-18(11-9-17)31-15-16-5-2-1-3-6-16/h1-12,22H,13-15H2,(H2,25,26,29)/t22-/m1/s1. The molecule has 7 heteroatoms. The maximum atomic E-state index is 13.1. The third kappa shape index (κ3) is 3.90. The molecule has 0 radical (unpaired) electrons. The number of nitrogens with one attached hydrogen (secondary N) is 2. The van der Waals surface area contributed by atoms with Crippen molar-refractivity contribution in [3.8, 4) is 5.75 Å². The number of nitrogens with zero attached hydrogens (tertiary/aromatic N) is 1. The van der Waals surface area contributed by atoms with Gasteiger partial charge in [0.2, 0.25) is 0 Å². The summed E-state index contributed by atoms with van der Waals surface area (Å²) < 4.78 is 11.2. The van der Waals surface area contributed by atoms with Gasteiger partial charge in [-0.25, -0.2) is 4.79 Å². The summed E-state index contributed by atoms with van der Waals surface area (Å²) in [6, 6.07) is 20.2. The second-order valence-electron chi connectivity index (χ2n) is 7.51. The minimum Gasteiger partial charge on any atom is -0.489 e. The highest BCUT2D eigenvalue weighted by atomic mass is 16.5. The van der Waals surface area contributed by atoms with E-state index in [2.05, 4.69) is 10.6 Å². The molecule has 3 amide bonds. The second-order valence-corrected chi connectivity index (χ2v) is 7.51. The number of amides is 3. The SMILES string of the molecule is O=C1NC2=C(C(=O)N(Cc3ccco3)C2)[C@@H](c2ccc(OCc3ccccc3)cc2)N1. The molecule has 3 aromatic rings. The van der Waals surface area contributed by atoms with Crippen LogP contribution in [0.25, 0.3) is 0 Å². The molecule has 1 atom stereocenters. The second kappa shape index (κ2) is 8.02. The highest BCUT2D eigenvalue weighted by Crippen LogP contribution is 2.33. The Morgan fingerprint density at radius 2 is 1.81 bits per heavy atom. The van der Waals surface area contributed by atoms with Gasteiger partial charge in [0.25, 0.3) is 5.91 Å². The fourth-order valence-corrected chi connectivity index (χ4v) is 3.89. The van der Waals surface area contributed by atoms with Crippen LogP contribution in [0.15, 0.2) is 88.7 Å². The van der Waals surface area contributed by atoms with Crippen molar-refractivity contribution >= 4 is 11.9 Å². The number of hydrogen-bond acceptors (Lipinski definition) is 4. The Balaban J connectivity index is 1.32. The number of hydrogen-bond donors (Lipinski definition) is 2. The zero-order valence-corrected chi connectivity index (χ0v) is 16.7. The molecule has 2 aromatic carbocycles. The van der Waals surface area contributed by atoms with Crippen molar-refractivity contribution in [2.24, 2.45) is 0 Å². The van der Waals surface area contributed by atoms with Gasteiger partial charge in [-0.2, -0.15) is 0 Å². The molecule has 1 aromatic heterocycles. The van der Waals surface area contributed by atoms with Gasteiger partial charge in [-0.1, -0.05) is 42.5 Å². The minimum absolute atomic E-state index is 0.117. The lowest BCUT2D eigenvalue weighted by molar-refractivity contribution is -0.126. The number of carbonyl (C=O) groups excluding carboxylic acids is 2. The van der Waals surface area contributed by atoms with Crippen molar-refractivity contribution < 1.29 is 18.7 Å². The van der Waals surface area contributed by atoms with E-state index >= 15 is 0 Å². The van der Waals surface area contributed by atoms with Gasteiger partial charge in [-0.15, -0.1) is 0 Å². The van der Waals surface area contributed by atoms with Gasteiger partial charge in [-0.3, -0.25) is 4.79 Å². The van der Waals surface area contributed by atoms with Crippen LogP contribution in [0.2, 0.25) is 0 Å². The zero-order chi connectivity index (χ0) is 21.2. The van der Waals surface area contributed by atoms with Gasteiger partial charge in [0.05, 0.1) is 36.7 Å². The summed E-state index contributed by atoms with van der Waals surface area (Å²) in [5, 5.41) is 5.65. The van der Waals surface area contributed by atoms with E-state index < -0.39 is 6.04 Å². The molecule has 2 N–H and O–H groups in total. The molecular weight excluding hydrogens is 394 g/mol. The molecule has 5 rings (SSSR count). The van der Waals surface area contributed by atoms with Crippen LogP contribution in [0.1, 0.15) is 22.9 Å². The Bertz CT molecular complexity index is 1120. The van der Waals surface area contributed by atoms with Crippen LogP contribution in [-0.4, -0.2) is 23.4 Å². The number of rotatable bonds is 6. The first-order valence-electron chi connectivity index (χ1n) is 10.1. The highest BCUT2D eigenvalue weighted by Gasteiger charge is 2.40. The summed E-state index contributed by atoms with van der Waals surface area (Å²) in [5.41, 5.74) is 3.10. The van der Waals surface area contributed by atoms with Crippen LogP contribution in [0.3, 0.4) is 0 Å². The van der Waals surface area contributed by atoms with Crippen molar-refractivity contribution in [1.29, 1.82) is 0 Å². The lowest BCUT2D eigenvalue weighted by Gasteiger charge is -2.25. The molecule has 0 saturated heterocycles. The largest absolute Gasteiger partial charge is 0.489 e. The van der Waals surface area contributed by atoms with Crippen LogP contribution in [0, 0.1) is 0 Å². The van der Waals surface area contributed by atoms with Crippen LogP contribution >= 0.6 is 0 Å². The summed E-state index contributed by atoms with van der Waals surface area (Å²) in [7, 11) is 0. The molecule has 0 spiro atoms. The summed E-state index contributed by atoms with van der Waals surface area (Å²) in [6.07, 6.45) is 1.58. The molecule has 2 aliphatic rings. The molecule has 3 heterocycles. The van der Waals surface area contributed by atoms with Crippen molar-refractivity contribution in [2.45, 2.75) is 19.2 Å². The van der Waals surface area contributed by atoms with Crippen LogP contribution in [0.5, 0.6) is 5.75 Å². The normalized spacial score (nSPS) is 17.9. The molecule has 0 aliphatic carbocycles. The predicted molar refractivity (Wildman–Crippen MR) is 113 cm³/mol. The van der Waals surface area contributed by atoms with Gasteiger partial charge in [0, 0.05) is 0 Å². The predicted octanol–water partition coefficient (Wildman–Crippen LogP) is 3.51. The first-order valence-corrected chi connectivity index (χ1v) is 10.1. The van der Waals surface area contributed by atoms with Crippen molar-refractivity contribution in [1.82, 2.24) is 15.5 Å². The number of urea groups is 1. The molecule has 0 fully saturated rings. The first-order chi connectivity index (χ1) is 15.2. The average Bonchev–Trinajstić information content (AvgIpc) is 3.41. The Hall–Kier alpha value is -4.00. The first kappa shape index (κ1) is 19.0. The maximum absolute atomic E-state index is 13.1. The Morgan fingerprint density at radius 1 is 1.00 bits per heavy atom. The third-order valence-corrected chi connectivity index (χ3v) is 5.41. The number of carbonyl (C=O) groups is 2. The monoisotopic (exact) mass is 415 g/mol. The summed E-state index contributed by atoms with van der Waals surface area (Å²) in [6.45, 7) is 1.17. The smallest absolute Gasteiger partial charge is 0.319 e. The van der Waals surface area contributed by atoms with E-state index in [0.29, 0.717) is 36.7 Å². The molecule has 7 nitrogen and oxygen atoms in total.